The molecule has 0 unspecified atom stereocenters. The highest BCUT2D eigenvalue weighted by Gasteiger charge is 2.28. The Morgan fingerprint density at radius 1 is 1.50 bits per heavy atom. The lowest BCUT2D eigenvalue weighted by Crippen LogP contribution is -2.50. The summed E-state index contributed by atoms with van der Waals surface area (Å²) in [6.45, 7) is 4.43. The average molecular weight is 194 g/mol. The van der Waals surface area contributed by atoms with E-state index < -0.39 is 0 Å². The molecule has 4 nitrogen and oxygen atoms in total. The van der Waals surface area contributed by atoms with Gasteiger partial charge < -0.3 is 15.2 Å². The lowest BCUT2D eigenvalue weighted by atomic mass is 9.90. The fraction of sp³-hybridized carbons (Fsp3) is 0.700. The van der Waals surface area contributed by atoms with Gasteiger partial charge in [0.25, 0.3) is 0 Å². The second-order valence-electron chi connectivity index (χ2n) is 4.21. The number of anilines is 1. The van der Waals surface area contributed by atoms with Gasteiger partial charge in [-0.15, -0.1) is 0 Å². The van der Waals surface area contributed by atoms with Gasteiger partial charge in [0.2, 0.25) is 5.95 Å². The molecule has 1 aromatic rings. The predicted octanol–water partition coefficient (Wildman–Crippen LogP) is 0.988. The monoisotopic (exact) mass is 194 g/mol. The Balaban J connectivity index is 1.97. The quantitative estimate of drug-likeness (QED) is 0.738. The summed E-state index contributed by atoms with van der Waals surface area (Å²) in [4.78, 5) is 9.71. The number of hydrogen-bond acceptors (Lipinski definition) is 3. The van der Waals surface area contributed by atoms with Crippen molar-refractivity contribution < 1.29 is 0 Å². The van der Waals surface area contributed by atoms with Crippen LogP contribution in [-0.4, -0.2) is 35.6 Å². The Kier molecular flexibility index (Phi) is 2.46. The summed E-state index contributed by atoms with van der Waals surface area (Å²) in [5.41, 5.74) is 0.309. The normalized spacial score (nSPS) is 21.1. The number of hydrogen-bond donors (Lipinski definition) is 2. The molecule has 78 valence electrons. The van der Waals surface area contributed by atoms with Crippen molar-refractivity contribution in [2.24, 2.45) is 0 Å². The van der Waals surface area contributed by atoms with Crippen molar-refractivity contribution in [2.75, 3.05) is 25.0 Å². The number of nitrogens with zero attached hydrogens (tertiary/aromatic N) is 2. The van der Waals surface area contributed by atoms with Crippen LogP contribution in [0, 0.1) is 0 Å². The van der Waals surface area contributed by atoms with Crippen molar-refractivity contribution >= 4 is 5.95 Å². The minimum Gasteiger partial charge on any atom is -0.342 e. The van der Waals surface area contributed by atoms with Gasteiger partial charge in [-0.1, -0.05) is 0 Å². The molecule has 0 aliphatic carbocycles. The zero-order chi connectivity index (χ0) is 10.0. The molecule has 0 atom stereocenters. The summed E-state index contributed by atoms with van der Waals surface area (Å²) in [5, 5.41) is 3.39. The van der Waals surface area contributed by atoms with Crippen molar-refractivity contribution in [1.82, 2.24) is 15.3 Å². The van der Waals surface area contributed by atoms with E-state index >= 15 is 0 Å². The number of rotatable bonds is 2. The molecule has 1 aromatic heterocycles. The molecule has 1 aliphatic rings. The summed E-state index contributed by atoms with van der Waals surface area (Å²) in [5.74, 6) is 1.00. The molecule has 0 aromatic carbocycles. The zero-order valence-corrected chi connectivity index (χ0v) is 8.88. The highest BCUT2D eigenvalue weighted by Crippen LogP contribution is 2.23. The van der Waals surface area contributed by atoms with E-state index in [1.165, 1.54) is 12.8 Å². The van der Waals surface area contributed by atoms with Gasteiger partial charge in [0.05, 0.1) is 0 Å². The zero-order valence-electron chi connectivity index (χ0n) is 8.88. The summed E-state index contributed by atoms with van der Waals surface area (Å²) < 4.78 is 0. The molecule has 0 bridgehead atoms. The number of aromatic amines is 1. The highest BCUT2D eigenvalue weighted by atomic mass is 15.3. The van der Waals surface area contributed by atoms with Crippen LogP contribution >= 0.6 is 0 Å². The molecular formula is C10H18N4. The van der Waals surface area contributed by atoms with Crippen LogP contribution in [0.15, 0.2) is 12.4 Å². The smallest absolute Gasteiger partial charge is 0.202 e. The molecule has 2 N–H and O–H groups in total. The third kappa shape index (κ3) is 1.75. The molecule has 2 heterocycles. The molecular weight excluding hydrogens is 176 g/mol. The lowest BCUT2D eigenvalue weighted by molar-refractivity contribution is 0.304. The first-order valence-electron chi connectivity index (χ1n) is 5.17. The Bertz CT molecular complexity index is 272. The van der Waals surface area contributed by atoms with Crippen molar-refractivity contribution in [3.8, 4) is 0 Å². The van der Waals surface area contributed by atoms with Crippen molar-refractivity contribution in [3.05, 3.63) is 12.4 Å². The van der Waals surface area contributed by atoms with Gasteiger partial charge in [-0.3, -0.25) is 0 Å². The molecule has 0 saturated carbocycles. The van der Waals surface area contributed by atoms with E-state index in [2.05, 4.69) is 27.1 Å². The summed E-state index contributed by atoms with van der Waals surface area (Å²) in [6.07, 6.45) is 6.02. The molecule has 1 aliphatic heterocycles. The summed E-state index contributed by atoms with van der Waals surface area (Å²) in [6, 6.07) is 0. The van der Waals surface area contributed by atoms with E-state index in [-0.39, 0.29) is 0 Å². The number of imidazole rings is 1. The number of piperidine rings is 1. The van der Waals surface area contributed by atoms with Crippen LogP contribution in [0.1, 0.15) is 19.8 Å². The van der Waals surface area contributed by atoms with Gasteiger partial charge in [-0.25, -0.2) is 4.98 Å². The maximum atomic E-state index is 4.26. The van der Waals surface area contributed by atoms with Crippen molar-refractivity contribution in [1.29, 1.82) is 0 Å². The minimum atomic E-state index is 0.309. The molecule has 0 amide bonds. The Labute approximate surface area is 84.7 Å². The molecule has 4 heteroatoms. The lowest BCUT2D eigenvalue weighted by Gasteiger charge is -2.39. The van der Waals surface area contributed by atoms with Crippen LogP contribution in [0.2, 0.25) is 0 Å². The van der Waals surface area contributed by atoms with E-state index in [1.807, 2.05) is 13.2 Å². The SMILES string of the molecule is CNC1(C)CCN(c2ncc[nH]2)CC1. The van der Waals surface area contributed by atoms with Gasteiger partial charge >= 0.3 is 0 Å². The van der Waals surface area contributed by atoms with E-state index in [4.69, 9.17) is 0 Å². The topological polar surface area (TPSA) is 44.0 Å². The van der Waals surface area contributed by atoms with Crippen molar-refractivity contribution in [2.45, 2.75) is 25.3 Å². The molecule has 1 fully saturated rings. The first kappa shape index (κ1) is 9.52. The molecule has 14 heavy (non-hydrogen) atoms. The number of aromatic nitrogens is 2. The average Bonchev–Trinajstić information content (AvgIpc) is 2.72. The van der Waals surface area contributed by atoms with Gasteiger partial charge in [0.1, 0.15) is 0 Å². The van der Waals surface area contributed by atoms with Crippen LogP contribution in [0.4, 0.5) is 5.95 Å². The second kappa shape index (κ2) is 3.61. The van der Waals surface area contributed by atoms with Crippen LogP contribution in [0.5, 0.6) is 0 Å². The maximum absolute atomic E-state index is 4.26. The molecule has 1 saturated heterocycles. The van der Waals surface area contributed by atoms with E-state index in [0.29, 0.717) is 5.54 Å². The van der Waals surface area contributed by atoms with Crippen molar-refractivity contribution in [3.63, 3.8) is 0 Å². The largest absolute Gasteiger partial charge is 0.342 e. The van der Waals surface area contributed by atoms with Gasteiger partial charge in [-0.2, -0.15) is 0 Å². The standard InChI is InChI=1S/C10H18N4/c1-10(11-2)3-7-14(8-4-10)9-12-5-6-13-9/h5-6,11H,3-4,7-8H2,1-2H3,(H,12,13). The van der Waals surface area contributed by atoms with E-state index in [0.717, 1.165) is 19.0 Å². The third-order valence-corrected chi connectivity index (χ3v) is 3.25. The number of H-pyrrole nitrogens is 1. The fourth-order valence-corrected chi connectivity index (χ4v) is 1.89. The van der Waals surface area contributed by atoms with E-state index in [1.54, 1.807) is 6.20 Å². The third-order valence-electron chi connectivity index (χ3n) is 3.25. The van der Waals surface area contributed by atoms with Gasteiger partial charge in [0.15, 0.2) is 0 Å². The highest BCUT2D eigenvalue weighted by molar-refractivity contribution is 5.30. The van der Waals surface area contributed by atoms with Crippen LogP contribution in [-0.2, 0) is 0 Å². The Morgan fingerprint density at radius 3 is 2.71 bits per heavy atom. The summed E-state index contributed by atoms with van der Waals surface area (Å²) >= 11 is 0. The maximum Gasteiger partial charge on any atom is 0.202 e. The minimum absolute atomic E-state index is 0.309. The fourth-order valence-electron chi connectivity index (χ4n) is 1.89. The second-order valence-corrected chi connectivity index (χ2v) is 4.21. The van der Waals surface area contributed by atoms with Gasteiger partial charge in [0, 0.05) is 31.0 Å². The molecule has 2 rings (SSSR count). The predicted molar refractivity (Wildman–Crippen MR) is 57.5 cm³/mol. The molecule has 0 spiro atoms. The number of nitrogens with one attached hydrogen (secondary N) is 2. The first-order chi connectivity index (χ1) is 6.73. The van der Waals surface area contributed by atoms with Crippen LogP contribution < -0.4 is 10.2 Å². The Hall–Kier alpha value is -1.03. The van der Waals surface area contributed by atoms with Crippen LogP contribution in [0.25, 0.3) is 0 Å². The van der Waals surface area contributed by atoms with Crippen LogP contribution in [0.3, 0.4) is 0 Å². The first-order valence-corrected chi connectivity index (χ1v) is 5.17. The molecule has 0 radical (unpaired) electrons. The Morgan fingerprint density at radius 2 is 2.21 bits per heavy atom. The van der Waals surface area contributed by atoms with E-state index in [9.17, 15) is 0 Å². The summed E-state index contributed by atoms with van der Waals surface area (Å²) in [7, 11) is 2.04. The van der Waals surface area contributed by atoms with Gasteiger partial charge in [-0.05, 0) is 26.8 Å².